The van der Waals surface area contributed by atoms with Crippen LogP contribution in [-0.2, 0) is 4.79 Å². The first-order chi connectivity index (χ1) is 6.45. The predicted octanol–water partition coefficient (Wildman–Crippen LogP) is -4.02. The topological polar surface area (TPSA) is 138 Å². The zero-order valence-corrected chi connectivity index (χ0v) is 7.26. The summed E-state index contributed by atoms with van der Waals surface area (Å²) in [6.45, 7) is -0.817. The second kappa shape index (κ2) is 6.02. The Morgan fingerprint density at radius 1 is 0.929 bits per heavy atom. The van der Waals surface area contributed by atoms with Crippen LogP contribution in [0.2, 0.25) is 0 Å². The lowest BCUT2D eigenvalue weighted by Crippen LogP contribution is -2.50. The van der Waals surface area contributed by atoms with Gasteiger partial charge in [-0.1, -0.05) is 0 Å². The van der Waals surface area contributed by atoms with Crippen LogP contribution in [0.3, 0.4) is 0 Å². The van der Waals surface area contributed by atoms with Crippen molar-refractivity contribution in [3.8, 4) is 0 Å². The van der Waals surface area contributed by atoms with Crippen LogP contribution in [0.25, 0.3) is 0 Å². The summed E-state index contributed by atoms with van der Waals surface area (Å²) in [5.41, 5.74) is 0. The zero-order chi connectivity index (χ0) is 11.3. The number of hydrogen-bond acceptors (Lipinski definition) is 7. The minimum atomic E-state index is -1.92. The number of hydrogen-bond donors (Lipinski definition) is 6. The van der Waals surface area contributed by atoms with Crippen molar-refractivity contribution in [1.82, 2.24) is 0 Å². The third-order valence-electron chi connectivity index (χ3n) is 1.77. The monoisotopic (exact) mass is 210 g/mol. The molecule has 0 bridgehead atoms. The molecule has 7 nitrogen and oxygen atoms in total. The highest BCUT2D eigenvalue weighted by Crippen LogP contribution is 2.07. The second-order valence-corrected chi connectivity index (χ2v) is 2.85. The van der Waals surface area contributed by atoms with Crippen molar-refractivity contribution >= 4 is 6.29 Å². The molecule has 0 aromatic rings. The highest BCUT2D eigenvalue weighted by atomic mass is 16.4. The third kappa shape index (κ3) is 3.29. The van der Waals surface area contributed by atoms with Crippen molar-refractivity contribution in [2.24, 2.45) is 0 Å². The van der Waals surface area contributed by atoms with Crippen molar-refractivity contribution in [2.75, 3.05) is 6.61 Å². The van der Waals surface area contributed by atoms with Crippen LogP contribution < -0.4 is 0 Å². The van der Waals surface area contributed by atoms with Crippen molar-refractivity contribution < 1.29 is 35.4 Å². The Bertz CT molecular complexity index is 173. The molecule has 84 valence electrons. The first-order valence-corrected chi connectivity index (χ1v) is 3.92. The van der Waals surface area contributed by atoms with Gasteiger partial charge >= 0.3 is 0 Å². The van der Waals surface area contributed by atoms with Gasteiger partial charge in [0.1, 0.15) is 30.5 Å². The Labute approximate surface area is 79.9 Å². The number of aliphatic hydroxyl groups excluding tert-OH is 6. The minimum Gasteiger partial charge on any atom is -0.394 e. The first kappa shape index (κ1) is 13.4. The number of carbonyl (C=O) groups excluding carboxylic acids is 1. The smallest absolute Gasteiger partial charge is 0.151 e. The molecule has 0 aliphatic carbocycles. The van der Waals surface area contributed by atoms with E-state index in [4.69, 9.17) is 30.6 Å². The molecule has 0 heterocycles. The highest BCUT2D eigenvalue weighted by molar-refractivity contribution is 5.56. The van der Waals surface area contributed by atoms with Crippen LogP contribution >= 0.6 is 0 Å². The van der Waals surface area contributed by atoms with Crippen LogP contribution in [-0.4, -0.2) is 74.1 Å². The van der Waals surface area contributed by atoms with Crippen LogP contribution in [0.1, 0.15) is 0 Å². The summed E-state index contributed by atoms with van der Waals surface area (Å²) < 4.78 is 0. The fourth-order valence-corrected chi connectivity index (χ4v) is 0.820. The van der Waals surface area contributed by atoms with E-state index in [0.29, 0.717) is 0 Å². The van der Waals surface area contributed by atoms with Crippen molar-refractivity contribution in [1.29, 1.82) is 0 Å². The number of aldehydes is 1. The molecule has 5 atom stereocenters. The summed E-state index contributed by atoms with van der Waals surface area (Å²) >= 11 is 0. The van der Waals surface area contributed by atoms with Gasteiger partial charge in [0.15, 0.2) is 6.29 Å². The van der Waals surface area contributed by atoms with Crippen molar-refractivity contribution in [2.45, 2.75) is 30.5 Å². The van der Waals surface area contributed by atoms with Gasteiger partial charge in [0.25, 0.3) is 0 Å². The summed E-state index contributed by atoms with van der Waals surface area (Å²) in [6, 6.07) is 0. The number of carbonyl (C=O) groups is 1. The van der Waals surface area contributed by atoms with Crippen LogP contribution in [0.15, 0.2) is 0 Å². The number of rotatable bonds is 6. The summed E-state index contributed by atoms with van der Waals surface area (Å²) in [7, 11) is 0. The van der Waals surface area contributed by atoms with E-state index in [2.05, 4.69) is 0 Å². The van der Waals surface area contributed by atoms with Crippen molar-refractivity contribution in [3.05, 3.63) is 0 Å². The number of aliphatic hydroxyl groups is 6. The molecule has 0 rings (SSSR count). The van der Waals surface area contributed by atoms with E-state index in [1.165, 1.54) is 0 Å². The van der Waals surface area contributed by atoms with Gasteiger partial charge in [-0.25, -0.2) is 0 Å². The second-order valence-electron chi connectivity index (χ2n) is 2.85. The standard InChI is InChI=1S/C7H14O7/c8-1-3(10)5(12)7(14)6(13)4(11)2-9/h1,3-7,9-14H,2H2/t3-,4+,5+,6+,7-/m1/s1. The van der Waals surface area contributed by atoms with Crippen molar-refractivity contribution in [3.63, 3.8) is 0 Å². The van der Waals surface area contributed by atoms with Gasteiger partial charge in [0.2, 0.25) is 0 Å². The molecule has 0 amide bonds. The lowest BCUT2D eigenvalue weighted by atomic mass is 10.0. The molecule has 0 aromatic carbocycles. The summed E-state index contributed by atoms with van der Waals surface area (Å²) in [5.74, 6) is 0. The normalized spacial score (nSPS) is 22.1. The third-order valence-corrected chi connectivity index (χ3v) is 1.77. The maximum atomic E-state index is 10.00. The van der Waals surface area contributed by atoms with Gasteiger partial charge in [-0.15, -0.1) is 0 Å². The molecule has 0 spiro atoms. The fourth-order valence-electron chi connectivity index (χ4n) is 0.820. The molecule has 7 heteroatoms. The quantitative estimate of drug-likeness (QED) is 0.245. The maximum Gasteiger partial charge on any atom is 0.151 e. The fraction of sp³-hybridized carbons (Fsp3) is 0.857. The summed E-state index contributed by atoms with van der Waals surface area (Å²) in [4.78, 5) is 10.00. The average molecular weight is 210 g/mol. The Morgan fingerprint density at radius 3 is 1.79 bits per heavy atom. The molecule has 0 fully saturated rings. The molecule has 0 aliphatic rings. The van der Waals surface area contributed by atoms with E-state index in [9.17, 15) is 4.79 Å². The SMILES string of the molecule is O=C[C@@H](O)[C@H](O)[C@@H](O)[C@@H](O)[C@@H](O)CO. The van der Waals surface area contributed by atoms with Gasteiger partial charge in [0.05, 0.1) is 6.61 Å². The average Bonchev–Trinajstić information content (AvgIpc) is 2.23. The Balaban J connectivity index is 4.29. The molecule has 0 unspecified atom stereocenters. The lowest BCUT2D eigenvalue weighted by Gasteiger charge is -2.26. The maximum absolute atomic E-state index is 10.00. The highest BCUT2D eigenvalue weighted by Gasteiger charge is 2.33. The Morgan fingerprint density at radius 2 is 1.43 bits per heavy atom. The van der Waals surface area contributed by atoms with Gasteiger partial charge in [-0.2, -0.15) is 0 Å². The van der Waals surface area contributed by atoms with Crippen LogP contribution in [0.4, 0.5) is 0 Å². The van der Waals surface area contributed by atoms with E-state index in [-0.39, 0.29) is 6.29 Å². The van der Waals surface area contributed by atoms with E-state index in [0.717, 1.165) is 0 Å². The molecular weight excluding hydrogens is 196 g/mol. The zero-order valence-electron chi connectivity index (χ0n) is 7.26. The molecule has 0 aromatic heterocycles. The van der Waals surface area contributed by atoms with E-state index < -0.39 is 37.1 Å². The van der Waals surface area contributed by atoms with Gasteiger partial charge in [0, 0.05) is 0 Å². The first-order valence-electron chi connectivity index (χ1n) is 3.92. The minimum absolute atomic E-state index is 0.0219. The summed E-state index contributed by atoms with van der Waals surface area (Å²) in [5, 5.41) is 53.2. The Kier molecular flexibility index (Phi) is 5.77. The molecule has 0 saturated heterocycles. The van der Waals surface area contributed by atoms with E-state index in [1.807, 2.05) is 0 Å². The van der Waals surface area contributed by atoms with Gasteiger partial charge in [-0.05, 0) is 0 Å². The predicted molar refractivity (Wildman–Crippen MR) is 43.2 cm³/mol. The van der Waals surface area contributed by atoms with E-state index in [1.54, 1.807) is 0 Å². The molecule has 6 N–H and O–H groups in total. The molecule has 0 aliphatic heterocycles. The largest absolute Gasteiger partial charge is 0.394 e. The lowest BCUT2D eigenvalue weighted by molar-refractivity contribution is -0.147. The molecule has 0 radical (unpaired) electrons. The van der Waals surface area contributed by atoms with Gasteiger partial charge < -0.3 is 35.4 Å². The molecule has 14 heavy (non-hydrogen) atoms. The molecule has 0 saturated carbocycles. The van der Waals surface area contributed by atoms with Crippen LogP contribution in [0, 0.1) is 0 Å². The molecular formula is C7H14O7. The van der Waals surface area contributed by atoms with Gasteiger partial charge in [-0.3, -0.25) is 0 Å². The van der Waals surface area contributed by atoms with Crippen LogP contribution in [0.5, 0.6) is 0 Å². The summed E-state index contributed by atoms with van der Waals surface area (Å²) in [6.07, 6.45) is -9.21. The van der Waals surface area contributed by atoms with E-state index >= 15 is 0 Å². The Hall–Kier alpha value is -0.570.